The molecule has 2 aliphatic carbocycles. The van der Waals surface area contributed by atoms with Crippen molar-refractivity contribution in [3.8, 4) is 0 Å². The van der Waals surface area contributed by atoms with E-state index in [1.807, 2.05) is 19.1 Å². The van der Waals surface area contributed by atoms with E-state index in [9.17, 15) is 9.59 Å². The number of amides is 2. The molecule has 2 amide bonds. The quantitative estimate of drug-likeness (QED) is 0.617. The highest BCUT2D eigenvalue weighted by molar-refractivity contribution is 6.03. The highest BCUT2D eigenvalue weighted by Crippen LogP contribution is 2.39. The molecule has 5 rings (SSSR count). The molecule has 1 aromatic carbocycles. The average Bonchev–Trinajstić information content (AvgIpc) is 3.27. The van der Waals surface area contributed by atoms with E-state index in [0.29, 0.717) is 12.6 Å². The van der Waals surface area contributed by atoms with Crippen molar-refractivity contribution in [2.24, 2.45) is 0 Å². The van der Waals surface area contributed by atoms with Gasteiger partial charge in [0.15, 0.2) is 0 Å². The first-order valence-electron chi connectivity index (χ1n) is 13.3. The molecule has 7 nitrogen and oxygen atoms in total. The monoisotopic (exact) mass is 491 g/mol. The number of anilines is 2. The van der Waals surface area contributed by atoms with Crippen LogP contribution in [0, 0.1) is 0 Å². The van der Waals surface area contributed by atoms with Crippen LogP contribution < -0.4 is 15.1 Å². The molecule has 2 heterocycles. The van der Waals surface area contributed by atoms with Gasteiger partial charge in [-0.3, -0.25) is 9.69 Å². The number of carbonyl (C=O) groups is 2. The van der Waals surface area contributed by atoms with Gasteiger partial charge in [0, 0.05) is 50.4 Å². The molecule has 1 saturated carbocycles. The predicted octanol–water partition coefficient (Wildman–Crippen LogP) is 5.32. The molecule has 0 radical (unpaired) electrons. The lowest BCUT2D eigenvalue weighted by Crippen LogP contribution is -2.51. The molecule has 0 bridgehead atoms. The molecule has 1 atom stereocenters. The summed E-state index contributed by atoms with van der Waals surface area (Å²) in [6, 6.07) is 6.33. The number of fused-ring (bicyclic) bond motifs is 1. The summed E-state index contributed by atoms with van der Waals surface area (Å²) in [4.78, 5) is 29.4. The summed E-state index contributed by atoms with van der Waals surface area (Å²) in [5.41, 5.74) is 4.77. The van der Waals surface area contributed by atoms with E-state index in [0.717, 1.165) is 80.7 Å². The first-order chi connectivity index (χ1) is 17.5. The van der Waals surface area contributed by atoms with Crippen LogP contribution in [0.15, 0.2) is 48.2 Å². The van der Waals surface area contributed by atoms with Crippen LogP contribution in [0.3, 0.4) is 0 Å². The topological polar surface area (TPSA) is 71.1 Å². The molecule has 7 heteroatoms. The summed E-state index contributed by atoms with van der Waals surface area (Å²) in [5.74, 6) is -0.0278. The maximum atomic E-state index is 13.3. The highest BCUT2D eigenvalue weighted by Gasteiger charge is 2.36. The number of rotatable bonds is 4. The van der Waals surface area contributed by atoms with E-state index >= 15 is 0 Å². The fraction of sp³-hybridized carbons (Fsp3) is 0.517. The summed E-state index contributed by atoms with van der Waals surface area (Å²) >= 11 is 0. The standard InChI is InChI=1S/C29H37N3O4/c1-20-19-31(29(34)36-24-8-6-7-9-24)28-18-22(12-13-27(28)32(20)21(2)33)25-10-4-3-5-11-26(25)30-23-14-16-35-17-15-23/h3-5,10,12-13,18,20,23-24,30H,6-9,11,14-17,19H2,1-2H3. The lowest BCUT2D eigenvalue weighted by Gasteiger charge is -2.40. The third-order valence-corrected chi connectivity index (χ3v) is 7.61. The fourth-order valence-corrected chi connectivity index (χ4v) is 5.78. The van der Waals surface area contributed by atoms with Crippen LogP contribution in [0.5, 0.6) is 0 Å². The Kier molecular flexibility index (Phi) is 7.46. The molecule has 36 heavy (non-hydrogen) atoms. The molecule has 0 aromatic heterocycles. The number of hydrogen-bond acceptors (Lipinski definition) is 5. The van der Waals surface area contributed by atoms with E-state index < -0.39 is 0 Å². The third-order valence-electron chi connectivity index (χ3n) is 7.61. The van der Waals surface area contributed by atoms with Gasteiger partial charge in [0.05, 0.1) is 17.4 Å². The molecule has 1 saturated heterocycles. The molecule has 1 unspecified atom stereocenters. The molecular formula is C29H37N3O4. The Morgan fingerprint density at radius 1 is 1.06 bits per heavy atom. The predicted molar refractivity (Wildman–Crippen MR) is 142 cm³/mol. The van der Waals surface area contributed by atoms with Gasteiger partial charge in [-0.1, -0.05) is 30.4 Å². The molecular weight excluding hydrogens is 454 g/mol. The van der Waals surface area contributed by atoms with Crippen LogP contribution in [-0.2, 0) is 14.3 Å². The minimum absolute atomic E-state index is 0.0147. The number of nitrogens with zero attached hydrogens (tertiary/aromatic N) is 2. The lowest BCUT2D eigenvalue weighted by atomic mass is 9.97. The van der Waals surface area contributed by atoms with Crippen LogP contribution in [0.2, 0.25) is 0 Å². The maximum absolute atomic E-state index is 13.3. The Morgan fingerprint density at radius 3 is 2.58 bits per heavy atom. The van der Waals surface area contributed by atoms with Gasteiger partial charge < -0.3 is 19.7 Å². The summed E-state index contributed by atoms with van der Waals surface area (Å²) in [6.07, 6.45) is 14.9. The van der Waals surface area contributed by atoms with Crippen LogP contribution >= 0.6 is 0 Å². The zero-order valence-electron chi connectivity index (χ0n) is 21.4. The minimum atomic E-state index is -0.317. The lowest BCUT2D eigenvalue weighted by molar-refractivity contribution is -0.117. The van der Waals surface area contributed by atoms with Gasteiger partial charge in [-0.2, -0.15) is 0 Å². The number of allylic oxidation sites excluding steroid dienone is 5. The van der Waals surface area contributed by atoms with E-state index in [1.165, 1.54) is 5.70 Å². The Morgan fingerprint density at radius 2 is 1.83 bits per heavy atom. The van der Waals surface area contributed by atoms with Gasteiger partial charge >= 0.3 is 6.09 Å². The number of ether oxygens (including phenoxy) is 2. The Bertz CT molecular complexity index is 1080. The van der Waals surface area contributed by atoms with Crippen LogP contribution in [0.25, 0.3) is 5.57 Å². The van der Waals surface area contributed by atoms with Crippen LogP contribution in [0.1, 0.15) is 64.4 Å². The van der Waals surface area contributed by atoms with E-state index in [-0.39, 0.29) is 24.1 Å². The maximum Gasteiger partial charge on any atom is 0.414 e. The largest absolute Gasteiger partial charge is 0.446 e. The summed E-state index contributed by atoms with van der Waals surface area (Å²) < 4.78 is 11.4. The molecule has 1 aromatic rings. The Hall–Kier alpha value is -3.06. The zero-order valence-corrected chi connectivity index (χ0v) is 21.4. The average molecular weight is 492 g/mol. The molecule has 4 aliphatic rings. The van der Waals surface area contributed by atoms with Gasteiger partial charge in [0.1, 0.15) is 6.10 Å². The minimum Gasteiger partial charge on any atom is -0.446 e. The van der Waals surface area contributed by atoms with Crippen molar-refractivity contribution in [2.45, 2.75) is 77.0 Å². The van der Waals surface area contributed by atoms with Gasteiger partial charge in [0.2, 0.25) is 5.91 Å². The smallest absolute Gasteiger partial charge is 0.414 e. The van der Waals surface area contributed by atoms with Crippen molar-refractivity contribution in [1.29, 1.82) is 0 Å². The Balaban J connectivity index is 1.52. The van der Waals surface area contributed by atoms with E-state index in [2.05, 4.69) is 35.7 Å². The van der Waals surface area contributed by atoms with Gasteiger partial charge in [-0.05, 0) is 63.1 Å². The van der Waals surface area contributed by atoms with Crippen molar-refractivity contribution in [2.75, 3.05) is 29.6 Å². The van der Waals surface area contributed by atoms with Crippen LogP contribution in [0.4, 0.5) is 16.2 Å². The fourth-order valence-electron chi connectivity index (χ4n) is 5.78. The second-order valence-electron chi connectivity index (χ2n) is 10.3. The summed E-state index contributed by atoms with van der Waals surface area (Å²) in [5, 5.41) is 3.77. The zero-order chi connectivity index (χ0) is 25.1. The SMILES string of the molecule is CC(=O)N1c2ccc(C3=C(NC4CCOCC4)CC=CC=C3)cc2N(C(=O)OC2CCCC2)CC1C. The third kappa shape index (κ3) is 5.21. The Labute approximate surface area is 213 Å². The first-order valence-corrected chi connectivity index (χ1v) is 13.3. The van der Waals surface area contributed by atoms with Crippen molar-refractivity contribution in [3.05, 3.63) is 53.8 Å². The van der Waals surface area contributed by atoms with E-state index in [1.54, 1.807) is 16.7 Å². The number of nitrogens with one attached hydrogen (secondary N) is 1. The summed E-state index contributed by atoms with van der Waals surface area (Å²) in [7, 11) is 0. The van der Waals surface area contributed by atoms with Crippen molar-refractivity contribution in [3.63, 3.8) is 0 Å². The number of carbonyl (C=O) groups excluding carboxylic acids is 2. The number of benzene rings is 1. The first kappa shape index (κ1) is 24.6. The number of hydrogen-bond donors (Lipinski definition) is 1. The van der Waals surface area contributed by atoms with Crippen molar-refractivity contribution < 1.29 is 19.1 Å². The second-order valence-corrected chi connectivity index (χ2v) is 10.3. The van der Waals surface area contributed by atoms with Crippen molar-refractivity contribution in [1.82, 2.24) is 5.32 Å². The molecule has 192 valence electrons. The van der Waals surface area contributed by atoms with Crippen molar-refractivity contribution >= 4 is 28.9 Å². The molecule has 2 aliphatic heterocycles. The molecule has 2 fully saturated rings. The van der Waals surface area contributed by atoms with Crippen LogP contribution in [-0.4, -0.2) is 49.9 Å². The van der Waals surface area contributed by atoms with Gasteiger partial charge in [-0.15, -0.1) is 0 Å². The summed E-state index contributed by atoms with van der Waals surface area (Å²) in [6.45, 7) is 5.53. The van der Waals surface area contributed by atoms with Gasteiger partial charge in [-0.25, -0.2) is 4.79 Å². The normalized spacial score (nSPS) is 23.0. The highest BCUT2D eigenvalue weighted by atomic mass is 16.6. The van der Waals surface area contributed by atoms with Gasteiger partial charge in [0.25, 0.3) is 0 Å². The molecule has 1 N–H and O–H groups in total. The molecule has 0 spiro atoms. The second kappa shape index (κ2) is 10.9. The van der Waals surface area contributed by atoms with E-state index in [4.69, 9.17) is 9.47 Å².